The highest BCUT2D eigenvalue weighted by Gasteiger charge is 2.14. The minimum Gasteiger partial charge on any atom is -0.314 e. The number of piperidine rings is 1. The summed E-state index contributed by atoms with van der Waals surface area (Å²) in [4.78, 5) is 0. The van der Waals surface area contributed by atoms with Gasteiger partial charge in [-0.25, -0.2) is 0 Å². The molecule has 0 aliphatic carbocycles. The van der Waals surface area contributed by atoms with Gasteiger partial charge in [0, 0.05) is 6.04 Å². The minimum absolute atomic E-state index is 0. The SMILES string of the molecule is CC[C@H]1CC[C@H](C)NC1.Cl. The standard InChI is InChI=1S/C8H17N.ClH/c1-3-8-5-4-7(2)9-6-8;/h7-9H,3-6H2,1-2H3;1H/t7-,8-;/m0./s1. The molecule has 0 saturated carbocycles. The highest BCUT2D eigenvalue weighted by atomic mass is 35.5. The van der Waals surface area contributed by atoms with Crippen molar-refractivity contribution >= 4 is 12.4 Å². The molecule has 0 aromatic heterocycles. The summed E-state index contributed by atoms with van der Waals surface area (Å²) in [6.45, 7) is 5.80. The highest BCUT2D eigenvalue weighted by molar-refractivity contribution is 5.85. The average molecular weight is 164 g/mol. The van der Waals surface area contributed by atoms with E-state index in [4.69, 9.17) is 0 Å². The van der Waals surface area contributed by atoms with Crippen LogP contribution in [0.25, 0.3) is 0 Å². The van der Waals surface area contributed by atoms with E-state index in [-0.39, 0.29) is 12.4 Å². The Morgan fingerprint density at radius 3 is 2.50 bits per heavy atom. The van der Waals surface area contributed by atoms with Gasteiger partial charge in [-0.15, -0.1) is 12.4 Å². The van der Waals surface area contributed by atoms with Crippen LogP contribution in [0.15, 0.2) is 0 Å². The molecule has 10 heavy (non-hydrogen) atoms. The zero-order valence-electron chi connectivity index (χ0n) is 6.89. The molecule has 0 unspecified atom stereocenters. The van der Waals surface area contributed by atoms with Crippen molar-refractivity contribution in [2.75, 3.05) is 6.54 Å². The van der Waals surface area contributed by atoms with E-state index in [1.165, 1.54) is 25.8 Å². The van der Waals surface area contributed by atoms with Crippen molar-refractivity contribution < 1.29 is 0 Å². The predicted molar refractivity (Wildman–Crippen MR) is 47.7 cm³/mol. The van der Waals surface area contributed by atoms with Crippen LogP contribution in [-0.2, 0) is 0 Å². The lowest BCUT2D eigenvalue weighted by Gasteiger charge is -2.26. The first-order valence-corrected chi connectivity index (χ1v) is 4.06. The van der Waals surface area contributed by atoms with Gasteiger partial charge in [0.2, 0.25) is 0 Å². The smallest absolute Gasteiger partial charge is 0.00389 e. The van der Waals surface area contributed by atoms with Crippen LogP contribution in [-0.4, -0.2) is 12.6 Å². The molecule has 62 valence electrons. The van der Waals surface area contributed by atoms with Gasteiger partial charge in [0.1, 0.15) is 0 Å². The first-order chi connectivity index (χ1) is 4.33. The van der Waals surface area contributed by atoms with Crippen LogP contribution in [0, 0.1) is 5.92 Å². The van der Waals surface area contributed by atoms with Crippen molar-refractivity contribution in [2.45, 2.75) is 39.2 Å². The van der Waals surface area contributed by atoms with E-state index in [2.05, 4.69) is 19.2 Å². The van der Waals surface area contributed by atoms with Gasteiger partial charge in [0.15, 0.2) is 0 Å². The van der Waals surface area contributed by atoms with Crippen LogP contribution < -0.4 is 5.32 Å². The lowest BCUT2D eigenvalue weighted by atomic mass is 9.94. The van der Waals surface area contributed by atoms with Crippen molar-refractivity contribution in [2.24, 2.45) is 5.92 Å². The normalized spacial score (nSPS) is 33.0. The summed E-state index contributed by atoms with van der Waals surface area (Å²) < 4.78 is 0. The average Bonchev–Trinajstić information content (AvgIpc) is 1.90. The molecule has 0 aromatic carbocycles. The molecule has 1 heterocycles. The molecular formula is C8H18ClN. The van der Waals surface area contributed by atoms with E-state index in [0.717, 1.165) is 12.0 Å². The molecule has 0 spiro atoms. The Morgan fingerprint density at radius 1 is 1.40 bits per heavy atom. The molecule has 0 bridgehead atoms. The summed E-state index contributed by atoms with van der Waals surface area (Å²) in [6, 6.07) is 0.771. The number of nitrogens with one attached hydrogen (secondary N) is 1. The fraction of sp³-hybridized carbons (Fsp3) is 1.00. The monoisotopic (exact) mass is 163 g/mol. The Labute approximate surface area is 70.0 Å². The van der Waals surface area contributed by atoms with Crippen molar-refractivity contribution in [1.82, 2.24) is 5.32 Å². The lowest BCUT2D eigenvalue weighted by Crippen LogP contribution is -2.36. The van der Waals surface area contributed by atoms with E-state index in [1.54, 1.807) is 0 Å². The summed E-state index contributed by atoms with van der Waals surface area (Å²) in [7, 11) is 0. The number of hydrogen-bond donors (Lipinski definition) is 1. The van der Waals surface area contributed by atoms with Gasteiger partial charge in [0.05, 0.1) is 0 Å². The molecule has 0 amide bonds. The van der Waals surface area contributed by atoms with Gasteiger partial charge in [0.25, 0.3) is 0 Å². The molecule has 1 nitrogen and oxygen atoms in total. The van der Waals surface area contributed by atoms with E-state index in [1.807, 2.05) is 0 Å². The summed E-state index contributed by atoms with van der Waals surface area (Å²) >= 11 is 0. The molecule has 0 aromatic rings. The van der Waals surface area contributed by atoms with Crippen molar-refractivity contribution in [3.05, 3.63) is 0 Å². The molecule has 2 atom stereocenters. The van der Waals surface area contributed by atoms with Crippen molar-refractivity contribution in [3.8, 4) is 0 Å². The molecule has 1 rings (SSSR count). The summed E-state index contributed by atoms with van der Waals surface area (Å²) in [5, 5.41) is 3.48. The van der Waals surface area contributed by atoms with Crippen LogP contribution in [0.4, 0.5) is 0 Å². The molecule has 2 heteroatoms. The fourth-order valence-corrected chi connectivity index (χ4v) is 1.41. The lowest BCUT2D eigenvalue weighted by molar-refractivity contribution is 0.317. The molecule has 1 saturated heterocycles. The van der Waals surface area contributed by atoms with E-state index < -0.39 is 0 Å². The zero-order chi connectivity index (χ0) is 6.69. The first-order valence-electron chi connectivity index (χ1n) is 4.06. The fourth-order valence-electron chi connectivity index (χ4n) is 1.41. The Balaban J connectivity index is 0.000000810. The van der Waals surface area contributed by atoms with Gasteiger partial charge in [-0.3, -0.25) is 0 Å². The molecular weight excluding hydrogens is 146 g/mol. The Morgan fingerprint density at radius 2 is 2.10 bits per heavy atom. The van der Waals surface area contributed by atoms with E-state index in [9.17, 15) is 0 Å². The molecule has 1 N–H and O–H groups in total. The van der Waals surface area contributed by atoms with Gasteiger partial charge in [-0.05, 0) is 32.2 Å². The van der Waals surface area contributed by atoms with E-state index >= 15 is 0 Å². The third kappa shape index (κ3) is 2.89. The summed E-state index contributed by atoms with van der Waals surface area (Å²) in [5.74, 6) is 0.959. The van der Waals surface area contributed by atoms with Gasteiger partial charge < -0.3 is 5.32 Å². The van der Waals surface area contributed by atoms with Crippen LogP contribution in [0.1, 0.15) is 33.1 Å². The maximum Gasteiger partial charge on any atom is 0.00389 e. The molecule has 1 fully saturated rings. The van der Waals surface area contributed by atoms with Crippen LogP contribution in [0.3, 0.4) is 0 Å². The number of halogens is 1. The maximum absolute atomic E-state index is 3.48. The molecule has 1 aliphatic heterocycles. The molecule has 1 aliphatic rings. The Kier molecular flexibility index (Phi) is 5.10. The van der Waals surface area contributed by atoms with Gasteiger partial charge in [-0.2, -0.15) is 0 Å². The quantitative estimate of drug-likeness (QED) is 0.625. The highest BCUT2D eigenvalue weighted by Crippen LogP contribution is 2.16. The topological polar surface area (TPSA) is 12.0 Å². The Hall–Kier alpha value is 0.250. The Bertz CT molecular complexity index is 77.3. The molecule has 0 radical (unpaired) electrons. The van der Waals surface area contributed by atoms with Crippen molar-refractivity contribution in [3.63, 3.8) is 0 Å². The van der Waals surface area contributed by atoms with E-state index in [0.29, 0.717) is 0 Å². The van der Waals surface area contributed by atoms with Crippen LogP contribution >= 0.6 is 12.4 Å². The third-order valence-electron chi connectivity index (χ3n) is 2.34. The number of hydrogen-bond acceptors (Lipinski definition) is 1. The second-order valence-electron chi connectivity index (χ2n) is 3.16. The second kappa shape index (κ2) is 4.97. The van der Waals surface area contributed by atoms with Crippen LogP contribution in [0.5, 0.6) is 0 Å². The second-order valence-corrected chi connectivity index (χ2v) is 3.16. The largest absolute Gasteiger partial charge is 0.314 e. The number of rotatable bonds is 1. The predicted octanol–water partition coefficient (Wildman–Crippen LogP) is 2.21. The summed E-state index contributed by atoms with van der Waals surface area (Å²) in [6.07, 6.45) is 4.16. The first kappa shape index (κ1) is 10.2. The van der Waals surface area contributed by atoms with Crippen molar-refractivity contribution in [1.29, 1.82) is 0 Å². The van der Waals surface area contributed by atoms with Gasteiger partial charge in [-0.1, -0.05) is 13.3 Å². The maximum atomic E-state index is 3.48. The third-order valence-corrected chi connectivity index (χ3v) is 2.34. The minimum atomic E-state index is 0. The van der Waals surface area contributed by atoms with Crippen LogP contribution in [0.2, 0.25) is 0 Å². The summed E-state index contributed by atoms with van der Waals surface area (Å²) in [5.41, 5.74) is 0. The van der Waals surface area contributed by atoms with Gasteiger partial charge >= 0.3 is 0 Å². The zero-order valence-corrected chi connectivity index (χ0v) is 7.71.